The molecule has 1 fully saturated rings. The normalized spacial score (nSPS) is 24.4. The maximum absolute atomic E-state index is 12.2. The van der Waals surface area contributed by atoms with Crippen molar-refractivity contribution >= 4 is 11.9 Å². The van der Waals surface area contributed by atoms with E-state index in [0.717, 1.165) is 24.3 Å². The number of carbonyl (C=O) groups excluding carboxylic acids is 1. The molecule has 9 N–H and O–H groups in total. The Morgan fingerprint density at radius 1 is 0.794 bits per heavy atom. The summed E-state index contributed by atoms with van der Waals surface area (Å²) in [4.78, 5) is 23.3. The van der Waals surface area contributed by atoms with E-state index in [1.165, 1.54) is 0 Å². The number of phenols is 5. The molecule has 184 valence electrons. The lowest BCUT2D eigenvalue weighted by molar-refractivity contribution is -0.277. The molecule has 5 atom stereocenters. The number of aromatic carboxylic acids is 1. The Balaban J connectivity index is 1.75. The first-order valence-electron chi connectivity index (χ1n) is 9.48. The summed E-state index contributed by atoms with van der Waals surface area (Å²) in [6.07, 6.45) is -8.94. The van der Waals surface area contributed by atoms with Crippen LogP contribution in [0.3, 0.4) is 0 Å². The van der Waals surface area contributed by atoms with Gasteiger partial charge in [0.1, 0.15) is 31.0 Å². The molecule has 1 aliphatic rings. The highest BCUT2D eigenvalue weighted by Gasteiger charge is 2.46. The van der Waals surface area contributed by atoms with Crippen LogP contribution in [0, 0.1) is 0 Å². The zero-order chi connectivity index (χ0) is 25.3. The number of carbonyl (C=O) groups is 2. The number of rotatable bonds is 6. The highest BCUT2D eigenvalue weighted by atomic mass is 16.7. The number of aliphatic hydroxyl groups excluding tert-OH is 3. The Morgan fingerprint density at radius 2 is 1.35 bits per heavy atom. The second-order valence-corrected chi connectivity index (χ2v) is 7.24. The fraction of sp³-hybridized carbons (Fsp3) is 0.300. The van der Waals surface area contributed by atoms with Gasteiger partial charge in [-0.2, -0.15) is 0 Å². The molecular weight excluding hydrogens is 464 g/mol. The molecule has 14 nitrogen and oxygen atoms in total. The quantitative estimate of drug-likeness (QED) is 0.176. The third-order valence-electron chi connectivity index (χ3n) is 4.90. The monoisotopic (exact) mass is 484 g/mol. The standard InChI is InChI=1S/C20H20O14/c21-8-2-7(3-9(22)13(8)24)19(31)32-5-12-15(26)16(27)17(28)20(34-12)33-11-4-6(18(29)30)1-10(23)14(11)25/h1-4,12,15-17,20-28H,5H2,(H,29,30)/t12-,15-,16-,17-,20-/m0/s1. The molecule has 2 aromatic carbocycles. The van der Waals surface area contributed by atoms with Gasteiger partial charge in [-0.05, 0) is 24.3 Å². The van der Waals surface area contributed by atoms with Gasteiger partial charge >= 0.3 is 11.9 Å². The maximum Gasteiger partial charge on any atom is 0.338 e. The number of hydrogen-bond donors (Lipinski definition) is 9. The molecule has 0 unspecified atom stereocenters. The van der Waals surface area contributed by atoms with Gasteiger partial charge in [0, 0.05) is 0 Å². The van der Waals surface area contributed by atoms with E-state index in [2.05, 4.69) is 0 Å². The molecule has 3 rings (SSSR count). The smallest absolute Gasteiger partial charge is 0.338 e. The summed E-state index contributed by atoms with van der Waals surface area (Å²) in [5.74, 6) is -7.45. The summed E-state index contributed by atoms with van der Waals surface area (Å²) in [5.41, 5.74) is -0.862. The number of aromatic hydroxyl groups is 5. The van der Waals surface area contributed by atoms with E-state index >= 15 is 0 Å². The fourth-order valence-electron chi connectivity index (χ4n) is 3.05. The van der Waals surface area contributed by atoms with Crippen molar-refractivity contribution in [3.05, 3.63) is 35.4 Å². The van der Waals surface area contributed by atoms with Gasteiger partial charge in [0.05, 0.1) is 11.1 Å². The highest BCUT2D eigenvalue weighted by Crippen LogP contribution is 2.39. The number of carboxylic acid groups (broad SMARTS) is 1. The van der Waals surface area contributed by atoms with Crippen molar-refractivity contribution in [3.63, 3.8) is 0 Å². The molecule has 0 radical (unpaired) electrons. The predicted octanol–water partition coefficient (Wildman–Crippen LogP) is -1.04. The Hall–Kier alpha value is -3.98. The molecule has 14 heteroatoms. The van der Waals surface area contributed by atoms with E-state index < -0.39 is 89.3 Å². The Bertz CT molecular complexity index is 1080. The van der Waals surface area contributed by atoms with E-state index in [0.29, 0.717) is 0 Å². The lowest BCUT2D eigenvalue weighted by atomic mass is 9.99. The second-order valence-electron chi connectivity index (χ2n) is 7.24. The Morgan fingerprint density at radius 3 is 1.94 bits per heavy atom. The summed E-state index contributed by atoms with van der Waals surface area (Å²) in [6.45, 7) is -0.738. The van der Waals surface area contributed by atoms with Crippen molar-refractivity contribution in [1.82, 2.24) is 0 Å². The van der Waals surface area contributed by atoms with Crippen LogP contribution in [0.1, 0.15) is 20.7 Å². The van der Waals surface area contributed by atoms with Gasteiger partial charge in [0.2, 0.25) is 12.0 Å². The van der Waals surface area contributed by atoms with Crippen LogP contribution in [0.15, 0.2) is 24.3 Å². The number of phenolic OH excluding ortho intramolecular Hbond substituents is 5. The van der Waals surface area contributed by atoms with Gasteiger partial charge in [-0.15, -0.1) is 0 Å². The van der Waals surface area contributed by atoms with Crippen molar-refractivity contribution in [2.24, 2.45) is 0 Å². The number of ether oxygens (including phenoxy) is 3. The lowest BCUT2D eigenvalue weighted by Crippen LogP contribution is -2.60. The van der Waals surface area contributed by atoms with Gasteiger partial charge < -0.3 is 60.2 Å². The zero-order valence-corrected chi connectivity index (χ0v) is 17.0. The molecule has 34 heavy (non-hydrogen) atoms. The predicted molar refractivity (Wildman–Crippen MR) is 106 cm³/mol. The minimum Gasteiger partial charge on any atom is -0.504 e. The lowest BCUT2D eigenvalue weighted by Gasteiger charge is -2.39. The number of carboxylic acids is 1. The first-order valence-corrected chi connectivity index (χ1v) is 9.48. The molecule has 1 aliphatic heterocycles. The van der Waals surface area contributed by atoms with Crippen LogP contribution in [0.25, 0.3) is 0 Å². The summed E-state index contributed by atoms with van der Waals surface area (Å²) >= 11 is 0. The van der Waals surface area contributed by atoms with E-state index in [9.17, 15) is 50.4 Å². The van der Waals surface area contributed by atoms with Crippen LogP contribution in [0.5, 0.6) is 34.5 Å². The van der Waals surface area contributed by atoms with Gasteiger partial charge in [-0.1, -0.05) is 0 Å². The molecule has 0 aliphatic carbocycles. The van der Waals surface area contributed by atoms with Gasteiger partial charge in [0.25, 0.3) is 0 Å². The summed E-state index contributed by atoms with van der Waals surface area (Å²) in [6, 6.07) is 3.14. The molecule has 0 saturated carbocycles. The average molecular weight is 484 g/mol. The zero-order valence-electron chi connectivity index (χ0n) is 17.0. The first-order chi connectivity index (χ1) is 15.9. The van der Waals surface area contributed by atoms with Gasteiger partial charge in [-0.25, -0.2) is 9.59 Å². The van der Waals surface area contributed by atoms with Crippen LogP contribution < -0.4 is 4.74 Å². The molecule has 0 amide bonds. The van der Waals surface area contributed by atoms with Crippen LogP contribution in [-0.4, -0.2) is 95.2 Å². The Kier molecular flexibility index (Phi) is 6.88. The number of hydrogen-bond acceptors (Lipinski definition) is 13. The van der Waals surface area contributed by atoms with Crippen molar-refractivity contribution < 1.29 is 69.8 Å². The minimum absolute atomic E-state index is 0.377. The van der Waals surface area contributed by atoms with Gasteiger partial charge in [0.15, 0.2) is 28.7 Å². The number of esters is 1. The van der Waals surface area contributed by atoms with Crippen molar-refractivity contribution in [3.8, 4) is 34.5 Å². The fourth-order valence-corrected chi connectivity index (χ4v) is 3.05. The minimum atomic E-state index is -1.91. The SMILES string of the molecule is O=C(O)c1cc(O)c(O)c(O[C@H]2O[C@@H](COC(=O)c3cc(O)c(O)c(O)c3)[C@H](O)[C@H](O)[C@@H]2O)c1. The molecule has 1 heterocycles. The molecule has 0 spiro atoms. The van der Waals surface area contributed by atoms with E-state index in [1.807, 2.05) is 0 Å². The van der Waals surface area contributed by atoms with Crippen molar-refractivity contribution in [2.75, 3.05) is 6.61 Å². The summed E-state index contributed by atoms with van der Waals surface area (Å²) < 4.78 is 15.4. The van der Waals surface area contributed by atoms with Crippen LogP contribution >= 0.6 is 0 Å². The third kappa shape index (κ3) is 4.84. The average Bonchev–Trinajstić information content (AvgIpc) is 2.78. The van der Waals surface area contributed by atoms with Gasteiger partial charge in [-0.3, -0.25) is 0 Å². The first kappa shape index (κ1) is 24.7. The molecule has 0 bridgehead atoms. The van der Waals surface area contributed by atoms with E-state index in [1.54, 1.807) is 0 Å². The molecular formula is C20H20O14. The van der Waals surface area contributed by atoms with Crippen molar-refractivity contribution in [2.45, 2.75) is 30.7 Å². The van der Waals surface area contributed by atoms with Crippen LogP contribution in [0.4, 0.5) is 0 Å². The largest absolute Gasteiger partial charge is 0.504 e. The summed E-state index contributed by atoms with van der Waals surface area (Å²) in [5, 5.41) is 87.4. The topological polar surface area (TPSA) is 244 Å². The highest BCUT2D eigenvalue weighted by molar-refractivity contribution is 5.91. The van der Waals surface area contributed by atoms with E-state index in [-0.39, 0.29) is 5.56 Å². The van der Waals surface area contributed by atoms with Crippen LogP contribution in [0.2, 0.25) is 0 Å². The molecule has 0 aromatic heterocycles. The summed E-state index contributed by atoms with van der Waals surface area (Å²) in [7, 11) is 0. The number of aliphatic hydroxyl groups is 3. The maximum atomic E-state index is 12.2. The third-order valence-corrected chi connectivity index (χ3v) is 4.90. The number of benzene rings is 2. The molecule has 2 aromatic rings. The molecule has 1 saturated heterocycles. The van der Waals surface area contributed by atoms with Crippen molar-refractivity contribution in [1.29, 1.82) is 0 Å². The van der Waals surface area contributed by atoms with E-state index in [4.69, 9.17) is 19.3 Å². The van der Waals surface area contributed by atoms with Crippen LogP contribution in [-0.2, 0) is 9.47 Å². The second kappa shape index (κ2) is 9.48. The Labute approximate surface area is 189 Å².